The SMILES string of the molecule is CC[C@@H]1CCCCN1c1ccc2ccccc2c1C(=O)N1CCCC1. The molecule has 25 heavy (non-hydrogen) atoms. The second-order valence-electron chi connectivity index (χ2n) is 7.43. The lowest BCUT2D eigenvalue weighted by Crippen LogP contribution is -2.41. The van der Waals surface area contributed by atoms with Crippen molar-refractivity contribution in [3.63, 3.8) is 0 Å². The van der Waals surface area contributed by atoms with Gasteiger partial charge in [-0.2, -0.15) is 0 Å². The number of rotatable bonds is 3. The van der Waals surface area contributed by atoms with Crippen molar-refractivity contribution in [3.8, 4) is 0 Å². The zero-order chi connectivity index (χ0) is 17.2. The monoisotopic (exact) mass is 336 g/mol. The van der Waals surface area contributed by atoms with Crippen LogP contribution in [0.25, 0.3) is 10.8 Å². The second kappa shape index (κ2) is 7.07. The van der Waals surface area contributed by atoms with E-state index >= 15 is 0 Å². The van der Waals surface area contributed by atoms with Gasteiger partial charge < -0.3 is 9.80 Å². The molecule has 0 N–H and O–H groups in total. The van der Waals surface area contributed by atoms with E-state index in [9.17, 15) is 4.79 Å². The summed E-state index contributed by atoms with van der Waals surface area (Å²) < 4.78 is 0. The number of carbonyl (C=O) groups excluding carboxylic acids is 1. The van der Waals surface area contributed by atoms with Crippen LogP contribution in [0.5, 0.6) is 0 Å². The molecule has 0 aromatic heterocycles. The van der Waals surface area contributed by atoms with E-state index in [1.807, 2.05) is 0 Å². The molecular weight excluding hydrogens is 308 g/mol. The summed E-state index contributed by atoms with van der Waals surface area (Å²) >= 11 is 0. The molecule has 2 fully saturated rings. The van der Waals surface area contributed by atoms with Crippen molar-refractivity contribution < 1.29 is 4.79 Å². The molecule has 2 saturated heterocycles. The van der Waals surface area contributed by atoms with Crippen LogP contribution in [0.4, 0.5) is 5.69 Å². The predicted molar refractivity (Wildman–Crippen MR) is 104 cm³/mol. The lowest BCUT2D eigenvalue weighted by Gasteiger charge is -2.38. The van der Waals surface area contributed by atoms with Crippen LogP contribution in [-0.4, -0.2) is 36.5 Å². The van der Waals surface area contributed by atoms with Crippen molar-refractivity contribution in [1.29, 1.82) is 0 Å². The van der Waals surface area contributed by atoms with Gasteiger partial charge in [0.25, 0.3) is 5.91 Å². The van der Waals surface area contributed by atoms with Crippen LogP contribution in [0.3, 0.4) is 0 Å². The molecule has 0 spiro atoms. The molecule has 2 aromatic carbocycles. The zero-order valence-corrected chi connectivity index (χ0v) is 15.2. The average molecular weight is 336 g/mol. The number of anilines is 1. The molecule has 0 aliphatic carbocycles. The first-order valence-electron chi connectivity index (χ1n) is 9.87. The fraction of sp³-hybridized carbons (Fsp3) is 0.500. The highest BCUT2D eigenvalue weighted by molar-refractivity contribution is 6.12. The third-order valence-corrected chi connectivity index (χ3v) is 5.92. The van der Waals surface area contributed by atoms with Gasteiger partial charge in [0.1, 0.15) is 0 Å². The molecule has 4 rings (SSSR count). The highest BCUT2D eigenvalue weighted by Crippen LogP contribution is 2.35. The first-order chi connectivity index (χ1) is 12.3. The van der Waals surface area contributed by atoms with Gasteiger partial charge >= 0.3 is 0 Å². The summed E-state index contributed by atoms with van der Waals surface area (Å²) in [6.07, 6.45) is 7.17. The number of fused-ring (bicyclic) bond motifs is 1. The van der Waals surface area contributed by atoms with Crippen LogP contribution in [0.15, 0.2) is 36.4 Å². The number of carbonyl (C=O) groups is 1. The van der Waals surface area contributed by atoms with Crippen LogP contribution in [0.2, 0.25) is 0 Å². The Morgan fingerprint density at radius 1 is 1.00 bits per heavy atom. The molecule has 132 valence electrons. The number of nitrogens with zero attached hydrogens (tertiary/aromatic N) is 2. The Morgan fingerprint density at radius 2 is 1.76 bits per heavy atom. The maximum Gasteiger partial charge on any atom is 0.256 e. The maximum absolute atomic E-state index is 13.4. The number of benzene rings is 2. The van der Waals surface area contributed by atoms with Crippen LogP contribution < -0.4 is 4.90 Å². The molecule has 0 bridgehead atoms. The van der Waals surface area contributed by atoms with Crippen molar-refractivity contribution in [2.24, 2.45) is 0 Å². The minimum Gasteiger partial charge on any atom is -0.368 e. The number of hydrogen-bond donors (Lipinski definition) is 0. The van der Waals surface area contributed by atoms with Crippen LogP contribution in [0, 0.1) is 0 Å². The minimum absolute atomic E-state index is 0.227. The van der Waals surface area contributed by atoms with Gasteiger partial charge in [-0.15, -0.1) is 0 Å². The highest BCUT2D eigenvalue weighted by atomic mass is 16.2. The van der Waals surface area contributed by atoms with E-state index in [-0.39, 0.29) is 5.91 Å². The lowest BCUT2D eigenvalue weighted by atomic mass is 9.95. The standard InChI is InChI=1S/C22H28N2O/c1-2-18-10-5-6-16-24(18)20-13-12-17-9-3-4-11-19(17)21(20)22(25)23-14-7-8-15-23/h3-4,9,11-13,18H,2,5-8,10,14-16H2,1H3/t18-/m1/s1. The Labute approximate surface area is 150 Å². The summed E-state index contributed by atoms with van der Waals surface area (Å²) in [6, 6.07) is 13.3. The molecular formula is C22H28N2O. The Bertz CT molecular complexity index is 764. The van der Waals surface area contributed by atoms with Crippen molar-refractivity contribution in [3.05, 3.63) is 42.0 Å². The quantitative estimate of drug-likeness (QED) is 0.800. The van der Waals surface area contributed by atoms with Crippen molar-refractivity contribution >= 4 is 22.4 Å². The molecule has 2 heterocycles. The Hall–Kier alpha value is -2.03. The molecule has 0 unspecified atom stereocenters. The van der Waals surface area contributed by atoms with E-state index in [1.54, 1.807) is 0 Å². The van der Waals surface area contributed by atoms with Gasteiger partial charge in [0, 0.05) is 25.7 Å². The largest absolute Gasteiger partial charge is 0.368 e. The summed E-state index contributed by atoms with van der Waals surface area (Å²) in [5, 5.41) is 2.27. The van der Waals surface area contributed by atoms with Gasteiger partial charge in [0.2, 0.25) is 0 Å². The van der Waals surface area contributed by atoms with Crippen molar-refractivity contribution in [2.75, 3.05) is 24.5 Å². The molecule has 3 nitrogen and oxygen atoms in total. The van der Waals surface area contributed by atoms with Gasteiger partial charge in [0.05, 0.1) is 11.3 Å². The molecule has 2 aliphatic rings. The van der Waals surface area contributed by atoms with Crippen LogP contribution >= 0.6 is 0 Å². The predicted octanol–water partition coefficient (Wildman–Crippen LogP) is 4.84. The summed E-state index contributed by atoms with van der Waals surface area (Å²) in [6.45, 7) is 5.14. The first kappa shape index (κ1) is 16.4. The van der Waals surface area contributed by atoms with Gasteiger partial charge in [-0.25, -0.2) is 0 Å². The topological polar surface area (TPSA) is 23.6 Å². The normalized spacial score (nSPS) is 21.1. The number of likely N-dealkylation sites (tertiary alicyclic amines) is 1. The van der Waals surface area contributed by atoms with E-state index < -0.39 is 0 Å². The third kappa shape index (κ3) is 3.01. The van der Waals surface area contributed by atoms with E-state index in [0.717, 1.165) is 55.5 Å². The fourth-order valence-electron chi connectivity index (χ4n) is 4.54. The summed E-state index contributed by atoms with van der Waals surface area (Å²) in [4.78, 5) is 18.0. The Kier molecular flexibility index (Phi) is 4.65. The lowest BCUT2D eigenvalue weighted by molar-refractivity contribution is 0.0795. The fourth-order valence-corrected chi connectivity index (χ4v) is 4.54. The van der Waals surface area contributed by atoms with Gasteiger partial charge in [-0.05, 0) is 55.4 Å². The van der Waals surface area contributed by atoms with Crippen LogP contribution in [-0.2, 0) is 0 Å². The summed E-state index contributed by atoms with van der Waals surface area (Å²) in [5.74, 6) is 0.227. The third-order valence-electron chi connectivity index (χ3n) is 5.92. The van der Waals surface area contributed by atoms with E-state index in [0.29, 0.717) is 6.04 Å². The maximum atomic E-state index is 13.4. The summed E-state index contributed by atoms with van der Waals surface area (Å²) in [5.41, 5.74) is 2.09. The van der Waals surface area contributed by atoms with E-state index in [4.69, 9.17) is 0 Å². The molecule has 0 saturated carbocycles. The highest BCUT2D eigenvalue weighted by Gasteiger charge is 2.29. The van der Waals surface area contributed by atoms with Crippen molar-refractivity contribution in [1.82, 2.24) is 4.90 Å². The summed E-state index contributed by atoms with van der Waals surface area (Å²) in [7, 11) is 0. The van der Waals surface area contributed by atoms with Gasteiger partial charge in [0.15, 0.2) is 0 Å². The average Bonchev–Trinajstić information content (AvgIpc) is 3.21. The number of hydrogen-bond acceptors (Lipinski definition) is 2. The Morgan fingerprint density at radius 3 is 2.56 bits per heavy atom. The van der Waals surface area contributed by atoms with Gasteiger partial charge in [-0.1, -0.05) is 37.3 Å². The molecule has 2 aliphatic heterocycles. The van der Waals surface area contributed by atoms with Crippen molar-refractivity contribution in [2.45, 2.75) is 51.5 Å². The van der Waals surface area contributed by atoms with Gasteiger partial charge in [-0.3, -0.25) is 4.79 Å². The zero-order valence-electron chi connectivity index (χ0n) is 15.2. The molecule has 2 aromatic rings. The molecule has 3 heteroatoms. The first-order valence-corrected chi connectivity index (χ1v) is 9.87. The smallest absolute Gasteiger partial charge is 0.256 e. The van der Waals surface area contributed by atoms with E-state index in [2.05, 4.69) is 53.1 Å². The number of amides is 1. The Balaban J connectivity index is 1.85. The minimum atomic E-state index is 0.227. The van der Waals surface area contributed by atoms with E-state index in [1.165, 1.54) is 24.6 Å². The number of piperidine rings is 1. The molecule has 1 atom stereocenters. The molecule has 1 amide bonds. The second-order valence-corrected chi connectivity index (χ2v) is 7.43. The van der Waals surface area contributed by atoms with Crippen LogP contribution in [0.1, 0.15) is 55.8 Å². The molecule has 0 radical (unpaired) electrons.